The lowest BCUT2D eigenvalue weighted by molar-refractivity contribution is -0.145. The lowest BCUT2D eigenvalue weighted by Crippen LogP contribution is -2.51. The summed E-state index contributed by atoms with van der Waals surface area (Å²) in [7, 11) is -0.132. The highest BCUT2D eigenvalue weighted by atomic mass is 28.3. The van der Waals surface area contributed by atoms with Gasteiger partial charge in [-0.15, -0.1) is 0 Å². The van der Waals surface area contributed by atoms with Crippen LogP contribution in [0.5, 0.6) is 0 Å². The van der Waals surface area contributed by atoms with E-state index < -0.39 is 26.1 Å². The number of hydrogen-bond acceptors (Lipinski definition) is 4. The van der Waals surface area contributed by atoms with Crippen LogP contribution in [0.2, 0.25) is 25.7 Å². The third-order valence-corrected chi connectivity index (χ3v) is 4.92. The molecule has 1 aromatic rings. The van der Waals surface area contributed by atoms with Gasteiger partial charge in [0.15, 0.2) is 0 Å². The van der Waals surface area contributed by atoms with E-state index in [9.17, 15) is 9.59 Å². The molecule has 0 spiro atoms. The zero-order valence-corrected chi connectivity index (χ0v) is 14.8. The van der Waals surface area contributed by atoms with Crippen molar-refractivity contribution in [2.75, 3.05) is 7.11 Å². The fourth-order valence-electron chi connectivity index (χ4n) is 2.22. The van der Waals surface area contributed by atoms with Gasteiger partial charge in [-0.1, -0.05) is 50.0 Å². The summed E-state index contributed by atoms with van der Waals surface area (Å²) < 4.78 is 4.78. The van der Waals surface area contributed by atoms with Crippen LogP contribution in [0.3, 0.4) is 0 Å². The van der Waals surface area contributed by atoms with E-state index in [2.05, 4.69) is 25.0 Å². The molecule has 0 bridgehead atoms. The van der Waals surface area contributed by atoms with E-state index in [0.29, 0.717) is 12.5 Å². The van der Waals surface area contributed by atoms with Crippen molar-refractivity contribution in [1.29, 1.82) is 0 Å². The van der Waals surface area contributed by atoms with Crippen molar-refractivity contribution in [2.45, 2.75) is 44.2 Å². The van der Waals surface area contributed by atoms with Gasteiger partial charge in [0, 0.05) is 14.5 Å². The van der Waals surface area contributed by atoms with Crippen LogP contribution in [0.15, 0.2) is 30.3 Å². The van der Waals surface area contributed by atoms with Gasteiger partial charge in [-0.3, -0.25) is 4.79 Å². The summed E-state index contributed by atoms with van der Waals surface area (Å²) >= 11 is 0. The van der Waals surface area contributed by atoms with Crippen LogP contribution in [-0.2, 0) is 20.7 Å². The summed E-state index contributed by atoms with van der Waals surface area (Å²) in [6.07, 6.45) is 0.388. The van der Waals surface area contributed by atoms with E-state index in [0.717, 1.165) is 5.56 Å². The van der Waals surface area contributed by atoms with Crippen LogP contribution >= 0.6 is 0 Å². The quantitative estimate of drug-likeness (QED) is 0.589. The maximum atomic E-state index is 12.2. The summed E-state index contributed by atoms with van der Waals surface area (Å²) in [5.74, 6) is -0.758. The number of carbonyl (C=O) groups excluding carboxylic acids is 2. The molecule has 0 saturated carbocycles. The predicted molar refractivity (Wildman–Crippen MR) is 90.2 cm³/mol. The highest BCUT2D eigenvalue weighted by Crippen LogP contribution is 2.11. The first kappa shape index (κ1) is 18.4. The third-order valence-electron chi connectivity index (χ3n) is 3.25. The molecule has 3 N–H and O–H groups in total. The Morgan fingerprint density at radius 2 is 1.82 bits per heavy atom. The Bertz CT molecular complexity index is 500. The van der Waals surface area contributed by atoms with Crippen LogP contribution in [0.25, 0.3) is 0 Å². The molecule has 0 fully saturated rings. The molecule has 6 heteroatoms. The number of nitrogens with one attached hydrogen (secondary N) is 1. The average molecular weight is 322 g/mol. The lowest BCUT2D eigenvalue weighted by Gasteiger charge is -2.23. The molecule has 1 aromatic carbocycles. The average Bonchev–Trinajstić information content (AvgIpc) is 2.45. The number of methoxy groups -OCH3 is 1. The minimum Gasteiger partial charge on any atom is -0.467 e. The van der Waals surface area contributed by atoms with Gasteiger partial charge in [-0.25, -0.2) is 4.79 Å². The fourth-order valence-corrected chi connectivity index (χ4v) is 3.72. The summed E-state index contributed by atoms with van der Waals surface area (Å²) in [5, 5.41) is 2.72. The molecule has 2 atom stereocenters. The number of amides is 1. The van der Waals surface area contributed by atoms with E-state index in [4.69, 9.17) is 10.5 Å². The first-order chi connectivity index (χ1) is 10.2. The fraction of sp³-hybridized carbons (Fsp3) is 0.500. The Hall–Kier alpha value is -1.66. The number of rotatable bonds is 7. The lowest BCUT2D eigenvalue weighted by atomic mass is 10.1. The minimum absolute atomic E-state index is 0.297. The molecule has 1 amide bonds. The normalized spacial score (nSPS) is 14.0. The number of carbonyl (C=O) groups is 2. The molecule has 0 unspecified atom stereocenters. The van der Waals surface area contributed by atoms with Gasteiger partial charge in [0.1, 0.15) is 6.04 Å². The second-order valence-electron chi connectivity index (χ2n) is 6.65. The van der Waals surface area contributed by atoms with Gasteiger partial charge in [0.05, 0.1) is 13.2 Å². The van der Waals surface area contributed by atoms with Crippen molar-refractivity contribution in [1.82, 2.24) is 5.32 Å². The van der Waals surface area contributed by atoms with E-state index in [1.165, 1.54) is 7.11 Å². The minimum atomic E-state index is -1.45. The van der Waals surface area contributed by atoms with Crippen molar-refractivity contribution < 1.29 is 14.3 Å². The van der Waals surface area contributed by atoms with Crippen LogP contribution < -0.4 is 11.1 Å². The summed E-state index contributed by atoms with van der Waals surface area (Å²) in [6, 6.07) is 8.87. The SMILES string of the molecule is COC(=O)[C@H](Cc1ccccc1)NC(=O)[C@@H](N)C[Si](C)(C)C. The van der Waals surface area contributed by atoms with Crippen molar-refractivity contribution in [3.63, 3.8) is 0 Å². The summed E-state index contributed by atoms with van der Waals surface area (Å²) in [5.41, 5.74) is 6.91. The molecular weight excluding hydrogens is 296 g/mol. The molecule has 1 rings (SSSR count). The Kier molecular flexibility index (Phi) is 6.77. The molecule has 0 aliphatic carbocycles. The van der Waals surface area contributed by atoms with Gasteiger partial charge in [0.25, 0.3) is 0 Å². The van der Waals surface area contributed by atoms with Gasteiger partial charge in [-0.2, -0.15) is 0 Å². The Balaban J connectivity index is 2.73. The van der Waals surface area contributed by atoms with Crippen molar-refractivity contribution in [3.8, 4) is 0 Å². The molecule has 5 nitrogen and oxygen atoms in total. The number of nitrogens with two attached hydrogens (primary N) is 1. The molecular formula is C16H26N2O3Si. The molecule has 0 aliphatic rings. The van der Waals surface area contributed by atoms with Crippen LogP contribution in [0.4, 0.5) is 0 Å². The summed E-state index contributed by atoms with van der Waals surface area (Å²) in [4.78, 5) is 24.1. The number of ether oxygens (including phenoxy) is 1. The zero-order valence-electron chi connectivity index (χ0n) is 13.8. The standard InChI is InChI=1S/C16H26N2O3Si/c1-21-16(20)14(10-12-8-6-5-7-9-12)18-15(19)13(17)11-22(2,3)4/h5-9,13-14H,10-11,17H2,1-4H3,(H,18,19)/t13-,14-/m0/s1. The van der Waals surface area contributed by atoms with Crippen molar-refractivity contribution in [3.05, 3.63) is 35.9 Å². The number of benzene rings is 1. The Morgan fingerprint density at radius 1 is 1.23 bits per heavy atom. The molecule has 0 heterocycles. The maximum Gasteiger partial charge on any atom is 0.328 e. The Labute approximate surface area is 133 Å². The number of esters is 1. The predicted octanol–water partition coefficient (Wildman–Crippen LogP) is 1.55. The Morgan fingerprint density at radius 3 is 2.32 bits per heavy atom. The van der Waals surface area contributed by atoms with E-state index in [-0.39, 0.29) is 5.91 Å². The van der Waals surface area contributed by atoms with Gasteiger partial charge in [-0.05, 0) is 11.6 Å². The van der Waals surface area contributed by atoms with Crippen LogP contribution in [-0.4, -0.2) is 39.1 Å². The first-order valence-corrected chi connectivity index (χ1v) is 11.1. The van der Waals surface area contributed by atoms with Crippen molar-refractivity contribution in [2.24, 2.45) is 5.73 Å². The van der Waals surface area contributed by atoms with Crippen LogP contribution in [0, 0.1) is 0 Å². The molecule has 22 heavy (non-hydrogen) atoms. The molecule has 0 saturated heterocycles. The molecule has 0 aliphatic heterocycles. The number of hydrogen-bond donors (Lipinski definition) is 2. The maximum absolute atomic E-state index is 12.2. The largest absolute Gasteiger partial charge is 0.467 e. The second-order valence-corrected chi connectivity index (χ2v) is 12.2. The van der Waals surface area contributed by atoms with Gasteiger partial charge in [0.2, 0.25) is 5.91 Å². The second kappa shape index (κ2) is 8.10. The zero-order chi connectivity index (χ0) is 16.8. The van der Waals surface area contributed by atoms with E-state index in [1.54, 1.807) is 0 Å². The van der Waals surface area contributed by atoms with E-state index in [1.807, 2.05) is 30.3 Å². The van der Waals surface area contributed by atoms with Gasteiger partial charge < -0.3 is 15.8 Å². The first-order valence-electron chi connectivity index (χ1n) is 7.40. The molecule has 122 valence electrons. The third kappa shape index (κ3) is 6.40. The smallest absolute Gasteiger partial charge is 0.328 e. The van der Waals surface area contributed by atoms with E-state index >= 15 is 0 Å². The highest BCUT2D eigenvalue weighted by Gasteiger charge is 2.27. The topological polar surface area (TPSA) is 81.4 Å². The monoisotopic (exact) mass is 322 g/mol. The van der Waals surface area contributed by atoms with Crippen LogP contribution in [0.1, 0.15) is 5.56 Å². The van der Waals surface area contributed by atoms with Gasteiger partial charge >= 0.3 is 5.97 Å². The van der Waals surface area contributed by atoms with Crippen molar-refractivity contribution >= 4 is 20.0 Å². The highest BCUT2D eigenvalue weighted by molar-refractivity contribution is 6.76. The summed E-state index contributed by atoms with van der Waals surface area (Å²) in [6.45, 7) is 6.46. The molecule has 0 aromatic heterocycles. The molecule has 0 radical (unpaired) electrons.